The van der Waals surface area contributed by atoms with Crippen LogP contribution in [-0.4, -0.2) is 54.5 Å². The molecule has 1 N–H and O–H groups in total. The number of carbonyl (C=O) groups is 1. The molecule has 0 aliphatic heterocycles. The van der Waals surface area contributed by atoms with E-state index in [1.54, 1.807) is 19.0 Å². The fourth-order valence-corrected chi connectivity index (χ4v) is 1.61. The Kier molecular flexibility index (Phi) is 5.54. The van der Waals surface area contributed by atoms with Gasteiger partial charge in [-0.05, 0) is 20.8 Å². The van der Waals surface area contributed by atoms with Gasteiger partial charge in [-0.2, -0.15) is 4.98 Å². The lowest BCUT2D eigenvalue weighted by Crippen LogP contribution is -2.37. The van der Waals surface area contributed by atoms with Crippen molar-refractivity contribution in [2.75, 3.05) is 43.9 Å². The molecule has 1 heterocycles. The molecule has 0 aliphatic carbocycles. The third-order valence-corrected chi connectivity index (χ3v) is 2.71. The number of amides is 1. The summed E-state index contributed by atoms with van der Waals surface area (Å²) in [5.74, 6) is 1.44. The molecule has 1 aromatic heterocycles. The highest BCUT2D eigenvalue weighted by Gasteiger charge is 2.14. The summed E-state index contributed by atoms with van der Waals surface area (Å²) in [7, 11) is 3.51. The Morgan fingerprint density at radius 3 is 2.53 bits per heavy atom. The SMILES string of the molecule is CCNc1nc(C)cc(N(CC)CC(=O)N(C)C)n1. The molecule has 1 aromatic rings. The summed E-state index contributed by atoms with van der Waals surface area (Å²) in [4.78, 5) is 24.1. The molecule has 19 heavy (non-hydrogen) atoms. The highest BCUT2D eigenvalue weighted by atomic mass is 16.2. The molecule has 6 heteroatoms. The molecule has 106 valence electrons. The summed E-state index contributed by atoms with van der Waals surface area (Å²) in [6.45, 7) is 7.75. The van der Waals surface area contributed by atoms with Crippen molar-refractivity contribution in [1.82, 2.24) is 14.9 Å². The molecular formula is C13H23N5O. The maximum atomic E-state index is 11.8. The van der Waals surface area contributed by atoms with Crippen LogP contribution in [0.25, 0.3) is 0 Å². The van der Waals surface area contributed by atoms with Gasteiger partial charge in [-0.3, -0.25) is 4.79 Å². The van der Waals surface area contributed by atoms with Crippen LogP contribution in [-0.2, 0) is 4.79 Å². The number of nitrogens with one attached hydrogen (secondary N) is 1. The molecule has 0 atom stereocenters. The van der Waals surface area contributed by atoms with E-state index in [-0.39, 0.29) is 5.91 Å². The number of anilines is 2. The van der Waals surface area contributed by atoms with E-state index in [1.807, 2.05) is 31.7 Å². The average molecular weight is 265 g/mol. The fourth-order valence-electron chi connectivity index (χ4n) is 1.61. The topological polar surface area (TPSA) is 61.4 Å². The predicted octanol–water partition coefficient (Wildman–Crippen LogP) is 1.13. The standard InChI is InChI=1S/C13H23N5O/c1-6-14-13-15-10(3)8-11(16-13)18(7-2)9-12(19)17(4)5/h8H,6-7,9H2,1-5H3,(H,14,15,16). The van der Waals surface area contributed by atoms with Gasteiger partial charge in [0.25, 0.3) is 0 Å². The molecule has 0 radical (unpaired) electrons. The first-order valence-corrected chi connectivity index (χ1v) is 6.52. The first-order chi connectivity index (χ1) is 8.97. The minimum Gasteiger partial charge on any atom is -0.354 e. The zero-order chi connectivity index (χ0) is 14.4. The van der Waals surface area contributed by atoms with Gasteiger partial charge in [0.1, 0.15) is 5.82 Å². The Labute approximate surface area is 114 Å². The molecule has 0 bridgehead atoms. The minimum absolute atomic E-state index is 0.0584. The molecule has 1 rings (SSSR count). The Balaban J connectivity index is 2.94. The molecule has 0 unspecified atom stereocenters. The normalized spacial score (nSPS) is 10.2. The van der Waals surface area contributed by atoms with Crippen LogP contribution in [0.4, 0.5) is 11.8 Å². The van der Waals surface area contributed by atoms with Crippen molar-refractivity contribution < 1.29 is 4.79 Å². The molecular weight excluding hydrogens is 242 g/mol. The van der Waals surface area contributed by atoms with Crippen molar-refractivity contribution in [2.45, 2.75) is 20.8 Å². The van der Waals surface area contributed by atoms with E-state index >= 15 is 0 Å². The van der Waals surface area contributed by atoms with Gasteiger partial charge in [-0.25, -0.2) is 4.98 Å². The van der Waals surface area contributed by atoms with Crippen molar-refractivity contribution in [3.8, 4) is 0 Å². The van der Waals surface area contributed by atoms with Crippen molar-refractivity contribution in [1.29, 1.82) is 0 Å². The number of aromatic nitrogens is 2. The molecule has 1 amide bonds. The van der Waals surface area contributed by atoms with E-state index < -0.39 is 0 Å². The predicted molar refractivity (Wildman–Crippen MR) is 77.5 cm³/mol. The lowest BCUT2D eigenvalue weighted by molar-refractivity contribution is -0.127. The highest BCUT2D eigenvalue weighted by molar-refractivity contribution is 5.80. The Hall–Kier alpha value is -1.85. The average Bonchev–Trinajstić information content (AvgIpc) is 2.35. The van der Waals surface area contributed by atoms with E-state index in [1.165, 1.54) is 0 Å². The van der Waals surface area contributed by atoms with Crippen LogP contribution in [0.5, 0.6) is 0 Å². The first-order valence-electron chi connectivity index (χ1n) is 6.52. The number of likely N-dealkylation sites (N-methyl/N-ethyl adjacent to an activating group) is 2. The number of carbonyl (C=O) groups excluding carboxylic acids is 1. The maximum Gasteiger partial charge on any atom is 0.241 e. The molecule has 0 fully saturated rings. The second kappa shape index (κ2) is 6.92. The number of aryl methyl sites for hydroxylation is 1. The zero-order valence-electron chi connectivity index (χ0n) is 12.4. The Bertz CT molecular complexity index is 433. The maximum absolute atomic E-state index is 11.8. The zero-order valence-corrected chi connectivity index (χ0v) is 12.4. The van der Waals surface area contributed by atoms with Crippen LogP contribution in [0, 0.1) is 6.92 Å². The fraction of sp³-hybridized carbons (Fsp3) is 0.615. The number of hydrogen-bond acceptors (Lipinski definition) is 5. The van der Waals surface area contributed by atoms with Crippen LogP contribution in [0.15, 0.2) is 6.07 Å². The van der Waals surface area contributed by atoms with Gasteiger partial charge >= 0.3 is 0 Å². The van der Waals surface area contributed by atoms with Crippen LogP contribution in [0.2, 0.25) is 0 Å². The van der Waals surface area contributed by atoms with Crippen LogP contribution < -0.4 is 10.2 Å². The van der Waals surface area contributed by atoms with Gasteiger partial charge in [-0.1, -0.05) is 0 Å². The molecule has 0 saturated carbocycles. The Morgan fingerprint density at radius 2 is 2.00 bits per heavy atom. The summed E-state index contributed by atoms with van der Waals surface area (Å²) in [5.41, 5.74) is 0.886. The molecule has 0 spiro atoms. The monoisotopic (exact) mass is 265 g/mol. The second-order valence-corrected chi connectivity index (χ2v) is 4.52. The third-order valence-electron chi connectivity index (χ3n) is 2.71. The van der Waals surface area contributed by atoms with E-state index in [4.69, 9.17) is 0 Å². The largest absolute Gasteiger partial charge is 0.354 e. The van der Waals surface area contributed by atoms with Gasteiger partial charge in [0.05, 0.1) is 6.54 Å². The van der Waals surface area contributed by atoms with Crippen molar-refractivity contribution in [3.63, 3.8) is 0 Å². The molecule has 0 saturated heterocycles. The van der Waals surface area contributed by atoms with Crippen LogP contribution >= 0.6 is 0 Å². The second-order valence-electron chi connectivity index (χ2n) is 4.52. The number of nitrogens with zero attached hydrogens (tertiary/aromatic N) is 4. The van der Waals surface area contributed by atoms with E-state index in [2.05, 4.69) is 15.3 Å². The molecule has 6 nitrogen and oxygen atoms in total. The first kappa shape index (κ1) is 15.2. The Morgan fingerprint density at radius 1 is 1.32 bits per heavy atom. The summed E-state index contributed by atoms with van der Waals surface area (Å²) in [5, 5.41) is 3.10. The summed E-state index contributed by atoms with van der Waals surface area (Å²) >= 11 is 0. The number of rotatable bonds is 6. The quantitative estimate of drug-likeness (QED) is 0.835. The molecule has 0 aliphatic rings. The smallest absolute Gasteiger partial charge is 0.241 e. The van der Waals surface area contributed by atoms with Gasteiger partial charge in [0.2, 0.25) is 11.9 Å². The highest BCUT2D eigenvalue weighted by Crippen LogP contribution is 2.14. The van der Waals surface area contributed by atoms with E-state index in [0.717, 1.165) is 24.6 Å². The third kappa shape index (κ3) is 4.39. The van der Waals surface area contributed by atoms with Crippen molar-refractivity contribution >= 4 is 17.7 Å². The van der Waals surface area contributed by atoms with Gasteiger partial charge in [0.15, 0.2) is 0 Å². The lowest BCUT2D eigenvalue weighted by atomic mass is 10.3. The summed E-state index contributed by atoms with van der Waals surface area (Å²) in [6.07, 6.45) is 0. The van der Waals surface area contributed by atoms with Crippen molar-refractivity contribution in [3.05, 3.63) is 11.8 Å². The summed E-state index contributed by atoms with van der Waals surface area (Å²) < 4.78 is 0. The van der Waals surface area contributed by atoms with E-state index in [0.29, 0.717) is 12.5 Å². The van der Waals surface area contributed by atoms with E-state index in [9.17, 15) is 4.79 Å². The van der Waals surface area contributed by atoms with Crippen molar-refractivity contribution in [2.24, 2.45) is 0 Å². The number of hydrogen-bond donors (Lipinski definition) is 1. The lowest BCUT2D eigenvalue weighted by Gasteiger charge is -2.23. The van der Waals surface area contributed by atoms with Crippen LogP contribution in [0.1, 0.15) is 19.5 Å². The van der Waals surface area contributed by atoms with Gasteiger partial charge in [0, 0.05) is 38.9 Å². The van der Waals surface area contributed by atoms with Crippen LogP contribution in [0.3, 0.4) is 0 Å². The minimum atomic E-state index is 0.0584. The van der Waals surface area contributed by atoms with Gasteiger partial charge < -0.3 is 15.1 Å². The van der Waals surface area contributed by atoms with Gasteiger partial charge in [-0.15, -0.1) is 0 Å². The molecule has 0 aromatic carbocycles. The summed E-state index contributed by atoms with van der Waals surface area (Å²) in [6, 6.07) is 1.90.